The van der Waals surface area contributed by atoms with E-state index < -0.39 is 0 Å². The molecule has 0 aliphatic rings. The van der Waals surface area contributed by atoms with Crippen molar-refractivity contribution in [2.75, 3.05) is 0 Å². The van der Waals surface area contributed by atoms with E-state index in [1.807, 2.05) is 27.7 Å². The van der Waals surface area contributed by atoms with Crippen LogP contribution in [-0.2, 0) is 4.79 Å². The first-order valence-corrected chi connectivity index (χ1v) is 7.51. The van der Waals surface area contributed by atoms with Gasteiger partial charge in [0, 0.05) is 0 Å². The van der Waals surface area contributed by atoms with Crippen LogP contribution < -0.4 is 0 Å². The van der Waals surface area contributed by atoms with E-state index in [2.05, 4.69) is 13.0 Å². The molecule has 0 spiro atoms. The van der Waals surface area contributed by atoms with Crippen LogP contribution in [0.15, 0.2) is 34.9 Å². The highest BCUT2D eigenvalue weighted by atomic mass is 16.3. The molecule has 0 fully saturated rings. The van der Waals surface area contributed by atoms with Gasteiger partial charge in [-0.25, -0.2) is 0 Å². The maximum absolute atomic E-state index is 11.6. The van der Waals surface area contributed by atoms with Crippen LogP contribution in [0.3, 0.4) is 0 Å². The Morgan fingerprint density at radius 3 is 2.20 bits per heavy atom. The zero-order valence-electron chi connectivity index (χ0n) is 13.7. The largest absolute Gasteiger partial charge is 0.393 e. The van der Waals surface area contributed by atoms with E-state index in [9.17, 15) is 9.90 Å². The Morgan fingerprint density at radius 1 is 1.05 bits per heavy atom. The molecule has 0 aromatic carbocycles. The molecule has 2 nitrogen and oxygen atoms in total. The van der Waals surface area contributed by atoms with E-state index >= 15 is 0 Å². The summed E-state index contributed by atoms with van der Waals surface area (Å²) >= 11 is 0. The molecule has 1 N–H and O–H groups in total. The van der Waals surface area contributed by atoms with Gasteiger partial charge in [-0.2, -0.15) is 0 Å². The third kappa shape index (κ3) is 11.9. The summed E-state index contributed by atoms with van der Waals surface area (Å²) in [6.07, 6.45) is 10.3. The number of hydrogen-bond acceptors (Lipinski definition) is 2. The second kappa shape index (κ2) is 10.6. The number of rotatable bonds is 9. The number of aliphatic hydroxyl groups excluding tert-OH is 1. The van der Waals surface area contributed by atoms with Gasteiger partial charge >= 0.3 is 0 Å². The standard InChI is InChI=1S/C18H30O2/c1-14(2)12-18(20)13-16(4)10-6-8-15(3)9-7-11-17(5)19/h9,12-13,17,19H,6-8,10-11H2,1-5H3. The molecule has 0 aromatic heterocycles. The summed E-state index contributed by atoms with van der Waals surface area (Å²) in [6.45, 7) is 9.84. The van der Waals surface area contributed by atoms with E-state index in [0.29, 0.717) is 0 Å². The molecular formula is C18H30O2. The molecule has 114 valence electrons. The molecule has 0 aromatic rings. The Kier molecular flexibility index (Phi) is 10.0. The average molecular weight is 278 g/mol. The minimum atomic E-state index is -0.217. The highest BCUT2D eigenvalue weighted by molar-refractivity contribution is 5.99. The van der Waals surface area contributed by atoms with Crippen molar-refractivity contribution in [3.05, 3.63) is 34.9 Å². The molecular weight excluding hydrogens is 248 g/mol. The van der Waals surface area contributed by atoms with E-state index in [1.54, 1.807) is 12.2 Å². The van der Waals surface area contributed by atoms with Crippen molar-refractivity contribution in [2.45, 2.75) is 72.8 Å². The van der Waals surface area contributed by atoms with E-state index in [4.69, 9.17) is 0 Å². The summed E-state index contributed by atoms with van der Waals surface area (Å²) in [6, 6.07) is 0. The van der Waals surface area contributed by atoms with Gasteiger partial charge in [0.05, 0.1) is 6.10 Å². The maximum atomic E-state index is 11.6. The van der Waals surface area contributed by atoms with Gasteiger partial charge in [-0.05, 0) is 78.9 Å². The molecule has 0 saturated carbocycles. The van der Waals surface area contributed by atoms with Gasteiger partial charge in [-0.15, -0.1) is 0 Å². The first kappa shape index (κ1) is 18.9. The van der Waals surface area contributed by atoms with Crippen molar-refractivity contribution in [3.8, 4) is 0 Å². The van der Waals surface area contributed by atoms with Crippen LogP contribution in [0.1, 0.15) is 66.7 Å². The molecule has 0 amide bonds. The van der Waals surface area contributed by atoms with Crippen LogP contribution in [-0.4, -0.2) is 17.0 Å². The van der Waals surface area contributed by atoms with Crippen molar-refractivity contribution in [1.82, 2.24) is 0 Å². The monoisotopic (exact) mass is 278 g/mol. The van der Waals surface area contributed by atoms with Crippen LogP contribution in [0.25, 0.3) is 0 Å². The van der Waals surface area contributed by atoms with Gasteiger partial charge in [-0.1, -0.05) is 22.8 Å². The molecule has 0 aliphatic heterocycles. The molecule has 1 unspecified atom stereocenters. The third-order valence-electron chi connectivity index (χ3n) is 3.04. The van der Waals surface area contributed by atoms with Crippen LogP contribution >= 0.6 is 0 Å². The van der Waals surface area contributed by atoms with Crippen LogP contribution in [0.2, 0.25) is 0 Å². The number of allylic oxidation sites excluding steroid dienone is 6. The first-order chi connectivity index (χ1) is 9.31. The van der Waals surface area contributed by atoms with Crippen LogP contribution in [0, 0.1) is 0 Å². The average Bonchev–Trinajstić information content (AvgIpc) is 2.26. The number of carbonyl (C=O) groups is 1. The normalized spacial score (nSPS) is 14.1. The third-order valence-corrected chi connectivity index (χ3v) is 3.04. The molecule has 0 aliphatic carbocycles. The minimum Gasteiger partial charge on any atom is -0.393 e. The van der Waals surface area contributed by atoms with Crippen LogP contribution in [0.4, 0.5) is 0 Å². The predicted octanol–water partition coefficient (Wildman–Crippen LogP) is 4.75. The Morgan fingerprint density at radius 2 is 1.65 bits per heavy atom. The molecule has 0 radical (unpaired) electrons. The van der Waals surface area contributed by atoms with E-state index in [0.717, 1.165) is 43.3 Å². The van der Waals surface area contributed by atoms with Crippen molar-refractivity contribution in [3.63, 3.8) is 0 Å². The molecule has 0 saturated heterocycles. The first-order valence-electron chi connectivity index (χ1n) is 7.51. The molecule has 2 heteroatoms. The van der Waals surface area contributed by atoms with Gasteiger partial charge in [0.15, 0.2) is 5.78 Å². The van der Waals surface area contributed by atoms with Gasteiger partial charge in [0.2, 0.25) is 0 Å². The fraction of sp³-hybridized carbons (Fsp3) is 0.611. The zero-order chi connectivity index (χ0) is 15.5. The smallest absolute Gasteiger partial charge is 0.178 e. The summed E-state index contributed by atoms with van der Waals surface area (Å²) < 4.78 is 0. The number of carbonyl (C=O) groups excluding carboxylic acids is 1. The summed E-state index contributed by atoms with van der Waals surface area (Å²) in [4.78, 5) is 11.6. The van der Waals surface area contributed by atoms with E-state index in [-0.39, 0.29) is 11.9 Å². The summed E-state index contributed by atoms with van der Waals surface area (Å²) in [5.74, 6) is 0.0895. The lowest BCUT2D eigenvalue weighted by Gasteiger charge is -2.04. The molecule has 20 heavy (non-hydrogen) atoms. The molecule has 0 heterocycles. The van der Waals surface area contributed by atoms with Crippen molar-refractivity contribution < 1.29 is 9.90 Å². The Labute approximate surface area is 124 Å². The summed E-state index contributed by atoms with van der Waals surface area (Å²) in [7, 11) is 0. The Balaban J connectivity index is 4.02. The topological polar surface area (TPSA) is 37.3 Å². The number of ketones is 1. The second-order valence-electron chi connectivity index (χ2n) is 5.95. The highest BCUT2D eigenvalue weighted by Crippen LogP contribution is 2.13. The maximum Gasteiger partial charge on any atom is 0.178 e. The highest BCUT2D eigenvalue weighted by Gasteiger charge is 1.98. The predicted molar refractivity (Wildman–Crippen MR) is 86.7 cm³/mol. The minimum absolute atomic E-state index is 0.0895. The zero-order valence-corrected chi connectivity index (χ0v) is 13.7. The Bertz CT molecular complexity index is 380. The van der Waals surface area contributed by atoms with Crippen LogP contribution in [0.5, 0.6) is 0 Å². The van der Waals surface area contributed by atoms with Crippen molar-refractivity contribution in [2.24, 2.45) is 0 Å². The van der Waals surface area contributed by atoms with Gasteiger partial charge in [-0.3, -0.25) is 4.79 Å². The molecule has 0 bridgehead atoms. The van der Waals surface area contributed by atoms with E-state index in [1.165, 1.54) is 5.57 Å². The number of aliphatic hydroxyl groups is 1. The SMILES string of the molecule is CC(C)=CC(=O)C=C(C)CCCC(C)=CCCC(C)O. The second-order valence-corrected chi connectivity index (χ2v) is 5.95. The summed E-state index contributed by atoms with van der Waals surface area (Å²) in [5.41, 5.74) is 3.55. The van der Waals surface area contributed by atoms with Crippen molar-refractivity contribution >= 4 is 5.78 Å². The lowest BCUT2D eigenvalue weighted by molar-refractivity contribution is -0.110. The fourth-order valence-electron chi connectivity index (χ4n) is 1.96. The fourth-order valence-corrected chi connectivity index (χ4v) is 1.96. The van der Waals surface area contributed by atoms with Gasteiger partial charge in [0.25, 0.3) is 0 Å². The van der Waals surface area contributed by atoms with Crippen molar-refractivity contribution in [1.29, 1.82) is 0 Å². The Hall–Kier alpha value is -1.15. The lowest BCUT2D eigenvalue weighted by Crippen LogP contribution is -1.97. The summed E-state index contributed by atoms with van der Waals surface area (Å²) in [5, 5.41) is 9.19. The lowest BCUT2D eigenvalue weighted by atomic mass is 10.0. The van der Waals surface area contributed by atoms with Gasteiger partial charge in [0.1, 0.15) is 0 Å². The number of hydrogen-bond donors (Lipinski definition) is 1. The van der Waals surface area contributed by atoms with Gasteiger partial charge < -0.3 is 5.11 Å². The molecule has 0 rings (SSSR count). The molecule has 1 atom stereocenters. The quantitative estimate of drug-likeness (QED) is 0.488.